The fraction of sp³-hybridized carbons (Fsp3) is 0.0667. The number of halogens is 1. The summed E-state index contributed by atoms with van der Waals surface area (Å²) < 4.78 is 5.55. The van der Waals surface area contributed by atoms with Gasteiger partial charge in [-0.3, -0.25) is 10.1 Å². The highest BCUT2D eigenvalue weighted by molar-refractivity contribution is 6.32. The van der Waals surface area contributed by atoms with Crippen LogP contribution >= 0.6 is 11.6 Å². The lowest BCUT2D eigenvalue weighted by Crippen LogP contribution is -2.00. The molecule has 2 aromatic carbocycles. The minimum atomic E-state index is -0.534. The van der Waals surface area contributed by atoms with Crippen molar-refractivity contribution in [2.45, 2.75) is 6.54 Å². The zero-order valence-electron chi connectivity index (χ0n) is 11.8. The summed E-state index contributed by atoms with van der Waals surface area (Å²) in [5.41, 5.74) is 1.21. The van der Waals surface area contributed by atoms with Gasteiger partial charge in [0.2, 0.25) is 11.8 Å². The molecule has 0 saturated heterocycles. The molecule has 0 amide bonds. The summed E-state index contributed by atoms with van der Waals surface area (Å²) in [6.45, 7) is 0.249. The predicted octanol–water partition coefficient (Wildman–Crippen LogP) is 3.91. The molecule has 0 spiro atoms. The van der Waals surface area contributed by atoms with Crippen molar-refractivity contribution in [2.75, 3.05) is 5.32 Å². The first-order chi connectivity index (χ1) is 11.1. The Labute approximate surface area is 136 Å². The molecule has 0 radical (unpaired) electrons. The van der Waals surface area contributed by atoms with E-state index in [2.05, 4.69) is 15.5 Å². The van der Waals surface area contributed by atoms with Gasteiger partial charge in [-0.25, -0.2) is 0 Å². The van der Waals surface area contributed by atoms with E-state index in [1.165, 1.54) is 12.1 Å². The van der Waals surface area contributed by atoms with Crippen molar-refractivity contribution in [3.8, 4) is 11.5 Å². The third kappa shape index (κ3) is 3.46. The molecule has 7 nitrogen and oxygen atoms in total. The zero-order valence-corrected chi connectivity index (χ0v) is 12.5. The first kappa shape index (κ1) is 15.0. The van der Waals surface area contributed by atoms with Crippen molar-refractivity contribution < 1.29 is 9.34 Å². The highest BCUT2D eigenvalue weighted by atomic mass is 35.5. The molecular formula is C15H11ClN4O3. The van der Waals surface area contributed by atoms with Gasteiger partial charge < -0.3 is 9.73 Å². The van der Waals surface area contributed by atoms with Crippen LogP contribution < -0.4 is 5.32 Å². The van der Waals surface area contributed by atoms with Crippen LogP contribution in [-0.2, 0) is 6.54 Å². The molecule has 23 heavy (non-hydrogen) atoms. The van der Waals surface area contributed by atoms with Crippen molar-refractivity contribution in [1.82, 2.24) is 10.2 Å². The maximum Gasteiger partial charge on any atom is 0.289 e. The lowest BCUT2D eigenvalue weighted by atomic mass is 10.2. The topological polar surface area (TPSA) is 94.1 Å². The Kier molecular flexibility index (Phi) is 4.20. The minimum absolute atomic E-state index is 0.0877. The first-order valence-corrected chi connectivity index (χ1v) is 7.07. The minimum Gasteiger partial charge on any atom is -0.419 e. The number of nitro groups is 1. The van der Waals surface area contributed by atoms with Crippen molar-refractivity contribution in [2.24, 2.45) is 0 Å². The smallest absolute Gasteiger partial charge is 0.289 e. The van der Waals surface area contributed by atoms with Crippen LogP contribution in [0.25, 0.3) is 11.5 Å². The zero-order chi connectivity index (χ0) is 16.2. The molecule has 0 unspecified atom stereocenters. The maximum absolute atomic E-state index is 10.9. The van der Waals surface area contributed by atoms with Crippen molar-refractivity contribution >= 4 is 23.0 Å². The average Bonchev–Trinajstić information content (AvgIpc) is 3.03. The highest BCUT2D eigenvalue weighted by Crippen LogP contribution is 2.27. The Hall–Kier alpha value is -2.93. The van der Waals surface area contributed by atoms with Gasteiger partial charge in [0.25, 0.3) is 5.69 Å². The second-order valence-corrected chi connectivity index (χ2v) is 5.05. The lowest BCUT2D eigenvalue weighted by molar-refractivity contribution is -0.384. The number of benzene rings is 2. The Morgan fingerprint density at radius 2 is 1.96 bits per heavy atom. The molecular weight excluding hydrogens is 320 g/mol. The van der Waals surface area contributed by atoms with Gasteiger partial charge in [-0.05, 0) is 24.3 Å². The first-order valence-electron chi connectivity index (χ1n) is 6.69. The second kappa shape index (κ2) is 6.45. The number of nitrogens with zero attached hydrogens (tertiary/aromatic N) is 3. The van der Waals surface area contributed by atoms with Crippen LogP contribution in [-0.4, -0.2) is 15.1 Å². The molecule has 0 fully saturated rings. The van der Waals surface area contributed by atoms with Crippen LogP contribution in [0.4, 0.5) is 11.4 Å². The van der Waals surface area contributed by atoms with Crippen LogP contribution in [0.5, 0.6) is 0 Å². The standard InChI is InChI=1S/C15H11ClN4O3/c16-12-7-6-11(8-13(12)20(21)22)17-9-14-18-19-15(23-14)10-4-2-1-3-5-10/h1-8,17H,9H2. The monoisotopic (exact) mass is 330 g/mol. The SMILES string of the molecule is O=[N+]([O-])c1cc(NCc2nnc(-c3ccccc3)o2)ccc1Cl. The van der Waals surface area contributed by atoms with E-state index in [9.17, 15) is 10.1 Å². The molecule has 0 atom stereocenters. The summed E-state index contributed by atoms with van der Waals surface area (Å²) in [5, 5.41) is 21.9. The van der Waals surface area contributed by atoms with Gasteiger partial charge in [0.1, 0.15) is 5.02 Å². The fourth-order valence-electron chi connectivity index (χ4n) is 1.96. The van der Waals surface area contributed by atoms with Crippen molar-refractivity contribution in [3.63, 3.8) is 0 Å². The van der Waals surface area contributed by atoms with Gasteiger partial charge in [0, 0.05) is 17.3 Å². The third-order valence-corrected chi connectivity index (χ3v) is 3.39. The number of hydrogen-bond acceptors (Lipinski definition) is 6. The fourth-order valence-corrected chi connectivity index (χ4v) is 2.15. The molecule has 0 aliphatic rings. The third-order valence-electron chi connectivity index (χ3n) is 3.07. The second-order valence-electron chi connectivity index (χ2n) is 4.64. The quantitative estimate of drug-likeness (QED) is 0.563. The molecule has 1 heterocycles. The Balaban J connectivity index is 1.71. The summed E-state index contributed by atoms with van der Waals surface area (Å²) in [4.78, 5) is 10.3. The van der Waals surface area contributed by atoms with E-state index in [-0.39, 0.29) is 17.3 Å². The highest BCUT2D eigenvalue weighted by Gasteiger charge is 2.13. The van der Waals surface area contributed by atoms with E-state index < -0.39 is 4.92 Å². The largest absolute Gasteiger partial charge is 0.419 e. The molecule has 0 bridgehead atoms. The maximum atomic E-state index is 10.9. The van der Waals surface area contributed by atoms with Gasteiger partial charge in [0.05, 0.1) is 11.5 Å². The Morgan fingerprint density at radius 3 is 2.70 bits per heavy atom. The van der Waals surface area contributed by atoms with Gasteiger partial charge >= 0.3 is 0 Å². The molecule has 0 aliphatic heterocycles. The van der Waals surface area contributed by atoms with Gasteiger partial charge in [0.15, 0.2) is 0 Å². The molecule has 0 aliphatic carbocycles. The molecule has 3 aromatic rings. The molecule has 1 aromatic heterocycles. The predicted molar refractivity (Wildman–Crippen MR) is 85.2 cm³/mol. The van der Waals surface area contributed by atoms with Gasteiger partial charge in [-0.2, -0.15) is 0 Å². The van der Waals surface area contributed by atoms with Gasteiger partial charge in [-0.1, -0.05) is 29.8 Å². The van der Waals surface area contributed by atoms with E-state index >= 15 is 0 Å². The number of aromatic nitrogens is 2. The van der Waals surface area contributed by atoms with E-state index in [1.54, 1.807) is 6.07 Å². The molecule has 0 saturated carbocycles. The van der Waals surface area contributed by atoms with E-state index in [4.69, 9.17) is 16.0 Å². The Morgan fingerprint density at radius 1 is 1.17 bits per heavy atom. The van der Waals surface area contributed by atoms with Crippen LogP contribution in [0, 0.1) is 10.1 Å². The van der Waals surface area contributed by atoms with Crippen LogP contribution in [0.3, 0.4) is 0 Å². The van der Waals surface area contributed by atoms with Crippen LogP contribution in [0.2, 0.25) is 5.02 Å². The number of anilines is 1. The number of hydrogen-bond donors (Lipinski definition) is 1. The molecule has 3 rings (SSSR count). The van der Waals surface area contributed by atoms with Crippen LogP contribution in [0.1, 0.15) is 5.89 Å². The van der Waals surface area contributed by atoms with Crippen LogP contribution in [0.15, 0.2) is 52.9 Å². The number of nitro benzene ring substituents is 1. The molecule has 1 N–H and O–H groups in total. The summed E-state index contributed by atoms with van der Waals surface area (Å²) in [6.07, 6.45) is 0. The van der Waals surface area contributed by atoms with Crippen molar-refractivity contribution in [1.29, 1.82) is 0 Å². The molecule has 116 valence electrons. The van der Waals surface area contributed by atoms with E-state index in [0.717, 1.165) is 5.56 Å². The van der Waals surface area contributed by atoms with Crippen molar-refractivity contribution in [3.05, 3.63) is 69.6 Å². The van der Waals surface area contributed by atoms with E-state index in [1.807, 2.05) is 30.3 Å². The lowest BCUT2D eigenvalue weighted by Gasteiger charge is -2.04. The summed E-state index contributed by atoms with van der Waals surface area (Å²) in [7, 11) is 0. The number of rotatable bonds is 5. The van der Waals surface area contributed by atoms with Gasteiger partial charge in [-0.15, -0.1) is 10.2 Å². The average molecular weight is 331 g/mol. The Bertz CT molecular complexity index is 836. The normalized spacial score (nSPS) is 10.5. The molecule has 8 heteroatoms. The summed E-state index contributed by atoms with van der Waals surface area (Å²) in [5.74, 6) is 0.797. The van der Waals surface area contributed by atoms with E-state index in [0.29, 0.717) is 17.5 Å². The summed E-state index contributed by atoms with van der Waals surface area (Å²) in [6, 6.07) is 13.9. The summed E-state index contributed by atoms with van der Waals surface area (Å²) >= 11 is 5.77. The number of nitrogens with one attached hydrogen (secondary N) is 1.